The highest BCUT2D eigenvalue weighted by Gasteiger charge is 2.23. The van der Waals surface area contributed by atoms with Crippen molar-refractivity contribution in [2.75, 3.05) is 19.6 Å². The van der Waals surface area contributed by atoms with Gasteiger partial charge in [0.25, 0.3) is 0 Å². The van der Waals surface area contributed by atoms with Gasteiger partial charge in [0.05, 0.1) is 10.7 Å². The van der Waals surface area contributed by atoms with Crippen LogP contribution in [0.15, 0.2) is 54.2 Å². The van der Waals surface area contributed by atoms with Crippen molar-refractivity contribution in [1.82, 2.24) is 20.2 Å². The SMILES string of the molecule is Cc1nc(COc2ccc(CN3CCNCC3c3ccncc3)cc2)cs1. The lowest BCUT2D eigenvalue weighted by Gasteiger charge is -2.36. The Kier molecular flexibility index (Phi) is 5.77. The number of piperazine rings is 1. The van der Waals surface area contributed by atoms with E-state index in [0.29, 0.717) is 12.6 Å². The molecule has 3 aromatic rings. The number of hydrogen-bond donors (Lipinski definition) is 1. The largest absolute Gasteiger partial charge is 0.487 e. The number of ether oxygens (including phenoxy) is 1. The highest BCUT2D eigenvalue weighted by molar-refractivity contribution is 7.09. The van der Waals surface area contributed by atoms with Crippen molar-refractivity contribution in [3.8, 4) is 5.75 Å². The van der Waals surface area contributed by atoms with Crippen LogP contribution in [0.3, 0.4) is 0 Å². The van der Waals surface area contributed by atoms with Crippen LogP contribution in [-0.4, -0.2) is 34.5 Å². The van der Waals surface area contributed by atoms with Crippen LogP contribution in [0.5, 0.6) is 5.75 Å². The Morgan fingerprint density at radius 2 is 2.00 bits per heavy atom. The minimum atomic E-state index is 0.380. The van der Waals surface area contributed by atoms with Gasteiger partial charge < -0.3 is 10.1 Å². The van der Waals surface area contributed by atoms with Crippen LogP contribution in [-0.2, 0) is 13.2 Å². The molecule has 2 aromatic heterocycles. The second-order valence-corrected chi connectivity index (χ2v) is 7.82. The summed E-state index contributed by atoms with van der Waals surface area (Å²) in [5.41, 5.74) is 3.60. The lowest BCUT2D eigenvalue weighted by Crippen LogP contribution is -2.45. The second-order valence-electron chi connectivity index (χ2n) is 6.76. The number of thiazole rings is 1. The summed E-state index contributed by atoms with van der Waals surface area (Å²) in [4.78, 5) is 11.1. The number of aryl methyl sites for hydroxylation is 1. The number of nitrogens with zero attached hydrogens (tertiary/aromatic N) is 3. The zero-order valence-electron chi connectivity index (χ0n) is 15.5. The van der Waals surface area contributed by atoms with Crippen molar-refractivity contribution >= 4 is 11.3 Å². The molecule has 0 radical (unpaired) electrons. The number of nitrogens with one attached hydrogen (secondary N) is 1. The topological polar surface area (TPSA) is 50.3 Å². The molecule has 3 heterocycles. The summed E-state index contributed by atoms with van der Waals surface area (Å²) in [5, 5.41) is 6.63. The Bertz CT molecular complexity index is 850. The third-order valence-electron chi connectivity index (χ3n) is 4.81. The molecule has 1 aliphatic heterocycles. The lowest BCUT2D eigenvalue weighted by atomic mass is 10.0. The van der Waals surface area contributed by atoms with Gasteiger partial charge in [-0.25, -0.2) is 4.98 Å². The van der Waals surface area contributed by atoms with E-state index in [4.69, 9.17) is 4.74 Å². The van der Waals surface area contributed by atoms with Gasteiger partial charge in [-0.2, -0.15) is 0 Å². The van der Waals surface area contributed by atoms with Gasteiger partial charge >= 0.3 is 0 Å². The first-order chi connectivity index (χ1) is 13.3. The van der Waals surface area contributed by atoms with Crippen molar-refractivity contribution in [2.45, 2.75) is 26.1 Å². The molecular weight excluding hydrogens is 356 g/mol. The Morgan fingerprint density at radius 3 is 2.74 bits per heavy atom. The maximum absolute atomic E-state index is 5.85. The molecule has 1 N–H and O–H groups in total. The third-order valence-corrected chi connectivity index (χ3v) is 5.63. The second kappa shape index (κ2) is 8.61. The van der Waals surface area contributed by atoms with Crippen LogP contribution in [0.2, 0.25) is 0 Å². The van der Waals surface area contributed by atoms with Crippen molar-refractivity contribution in [1.29, 1.82) is 0 Å². The molecule has 1 aromatic carbocycles. The average Bonchev–Trinajstić information content (AvgIpc) is 3.14. The van der Waals surface area contributed by atoms with E-state index in [1.807, 2.05) is 24.7 Å². The van der Waals surface area contributed by atoms with E-state index in [2.05, 4.69) is 56.6 Å². The molecule has 1 fully saturated rings. The first-order valence-corrected chi connectivity index (χ1v) is 10.1. The van der Waals surface area contributed by atoms with Crippen molar-refractivity contribution in [2.24, 2.45) is 0 Å². The smallest absolute Gasteiger partial charge is 0.131 e. The van der Waals surface area contributed by atoms with Crippen LogP contribution in [0.1, 0.15) is 27.9 Å². The normalized spacial score (nSPS) is 17.7. The van der Waals surface area contributed by atoms with Crippen LogP contribution in [0, 0.1) is 6.92 Å². The fourth-order valence-corrected chi connectivity index (χ4v) is 4.00. The highest BCUT2D eigenvalue weighted by Crippen LogP contribution is 2.24. The summed E-state index contributed by atoms with van der Waals surface area (Å²) in [5.74, 6) is 0.885. The predicted molar refractivity (Wildman–Crippen MR) is 108 cm³/mol. The van der Waals surface area contributed by atoms with Gasteiger partial charge in [0, 0.05) is 50.0 Å². The molecule has 1 unspecified atom stereocenters. The van der Waals surface area contributed by atoms with E-state index in [-0.39, 0.29) is 0 Å². The molecular formula is C21H24N4OS. The summed E-state index contributed by atoms with van der Waals surface area (Å²) in [7, 11) is 0. The van der Waals surface area contributed by atoms with Gasteiger partial charge in [-0.05, 0) is 42.3 Å². The molecule has 27 heavy (non-hydrogen) atoms. The molecule has 1 aliphatic rings. The predicted octanol–water partition coefficient (Wildman–Crippen LogP) is 3.57. The molecule has 1 atom stereocenters. The zero-order chi connectivity index (χ0) is 18.5. The molecule has 1 saturated heterocycles. The van der Waals surface area contributed by atoms with Crippen LogP contribution in [0.25, 0.3) is 0 Å². The molecule has 6 heteroatoms. The monoisotopic (exact) mass is 380 g/mol. The van der Waals surface area contributed by atoms with E-state index in [1.54, 1.807) is 11.3 Å². The number of hydrogen-bond acceptors (Lipinski definition) is 6. The zero-order valence-corrected chi connectivity index (χ0v) is 16.3. The van der Waals surface area contributed by atoms with E-state index < -0.39 is 0 Å². The molecule has 140 valence electrons. The van der Waals surface area contributed by atoms with Crippen LogP contribution < -0.4 is 10.1 Å². The van der Waals surface area contributed by atoms with Crippen LogP contribution >= 0.6 is 11.3 Å². The minimum Gasteiger partial charge on any atom is -0.487 e. The van der Waals surface area contributed by atoms with Crippen molar-refractivity contribution in [3.05, 3.63) is 76.0 Å². The van der Waals surface area contributed by atoms with Gasteiger partial charge in [0.1, 0.15) is 12.4 Å². The first-order valence-electron chi connectivity index (χ1n) is 9.25. The third kappa shape index (κ3) is 4.71. The fourth-order valence-electron chi connectivity index (χ4n) is 3.41. The van der Waals surface area contributed by atoms with Gasteiger partial charge in [-0.15, -0.1) is 11.3 Å². The number of aromatic nitrogens is 2. The minimum absolute atomic E-state index is 0.380. The van der Waals surface area contributed by atoms with Gasteiger partial charge in [0.2, 0.25) is 0 Å². The van der Waals surface area contributed by atoms with E-state index in [1.165, 1.54) is 11.1 Å². The average molecular weight is 381 g/mol. The van der Waals surface area contributed by atoms with Crippen LogP contribution in [0.4, 0.5) is 0 Å². The van der Waals surface area contributed by atoms with E-state index >= 15 is 0 Å². The molecule has 0 saturated carbocycles. The summed E-state index contributed by atoms with van der Waals surface area (Å²) < 4.78 is 5.85. The van der Waals surface area contributed by atoms with E-state index in [0.717, 1.165) is 42.6 Å². The number of rotatable bonds is 6. The standard InChI is InChI=1S/C21H24N4OS/c1-16-24-19(15-27-16)14-26-20-4-2-17(3-5-20)13-25-11-10-23-12-21(25)18-6-8-22-9-7-18/h2-9,15,21,23H,10-14H2,1H3. The Balaban J connectivity index is 1.38. The summed E-state index contributed by atoms with van der Waals surface area (Å²) >= 11 is 1.65. The number of benzene rings is 1. The van der Waals surface area contributed by atoms with E-state index in [9.17, 15) is 0 Å². The maximum atomic E-state index is 5.85. The molecule has 0 aliphatic carbocycles. The summed E-state index contributed by atoms with van der Waals surface area (Å²) in [6.07, 6.45) is 3.75. The number of pyridine rings is 1. The molecule has 0 spiro atoms. The summed E-state index contributed by atoms with van der Waals surface area (Å²) in [6, 6.07) is 13.0. The van der Waals surface area contributed by atoms with Gasteiger partial charge in [-0.1, -0.05) is 12.1 Å². The quantitative estimate of drug-likeness (QED) is 0.708. The molecule has 0 amide bonds. The Hall–Kier alpha value is -2.28. The van der Waals surface area contributed by atoms with Crippen molar-refractivity contribution < 1.29 is 4.74 Å². The fraction of sp³-hybridized carbons (Fsp3) is 0.333. The summed E-state index contributed by atoms with van der Waals surface area (Å²) in [6.45, 7) is 6.49. The Labute approximate surface area is 164 Å². The van der Waals surface area contributed by atoms with Gasteiger partial charge in [0.15, 0.2) is 0 Å². The molecule has 5 nitrogen and oxygen atoms in total. The van der Waals surface area contributed by atoms with Crippen molar-refractivity contribution in [3.63, 3.8) is 0 Å². The first kappa shape index (κ1) is 18.1. The Morgan fingerprint density at radius 1 is 1.19 bits per heavy atom. The molecule has 4 rings (SSSR count). The highest BCUT2D eigenvalue weighted by atomic mass is 32.1. The lowest BCUT2D eigenvalue weighted by molar-refractivity contribution is 0.153. The molecule has 0 bridgehead atoms. The van der Waals surface area contributed by atoms with Gasteiger partial charge in [-0.3, -0.25) is 9.88 Å². The maximum Gasteiger partial charge on any atom is 0.131 e.